The minimum atomic E-state index is 0.303. The van der Waals surface area contributed by atoms with Crippen molar-refractivity contribution in [1.82, 2.24) is 0 Å². The van der Waals surface area contributed by atoms with Crippen LogP contribution in [0.2, 0.25) is 0 Å². The van der Waals surface area contributed by atoms with Gasteiger partial charge in [-0.05, 0) is 72.8 Å². The first-order valence-corrected chi connectivity index (χ1v) is 8.69. The second-order valence-electron chi connectivity index (χ2n) is 8.31. The van der Waals surface area contributed by atoms with E-state index in [1.54, 1.807) is 0 Å². The SMILES string of the molecule is C[C@@]12CCCC1C1/C(=N/O)C=C3C=CCC[C@]3(C)C1CC2. The number of oxime groups is 1. The highest BCUT2D eigenvalue weighted by molar-refractivity contribution is 5.99. The van der Waals surface area contributed by atoms with Gasteiger partial charge in [-0.25, -0.2) is 0 Å². The van der Waals surface area contributed by atoms with Crippen LogP contribution in [0.5, 0.6) is 0 Å². The van der Waals surface area contributed by atoms with Crippen molar-refractivity contribution in [3.8, 4) is 0 Å². The number of nitrogens with zero attached hydrogens (tertiary/aromatic N) is 1. The van der Waals surface area contributed by atoms with E-state index in [2.05, 4.69) is 37.2 Å². The maximum atomic E-state index is 9.63. The summed E-state index contributed by atoms with van der Waals surface area (Å²) < 4.78 is 0. The lowest BCUT2D eigenvalue weighted by atomic mass is 9.48. The fourth-order valence-corrected chi connectivity index (χ4v) is 6.15. The molecule has 21 heavy (non-hydrogen) atoms. The van der Waals surface area contributed by atoms with Crippen LogP contribution in [-0.4, -0.2) is 10.9 Å². The molecule has 4 aliphatic carbocycles. The lowest BCUT2D eigenvalue weighted by molar-refractivity contribution is 0.0164. The summed E-state index contributed by atoms with van der Waals surface area (Å²) in [7, 11) is 0. The highest BCUT2D eigenvalue weighted by atomic mass is 16.4. The van der Waals surface area contributed by atoms with E-state index >= 15 is 0 Å². The molecular formula is C19H27NO. The molecule has 1 N–H and O–H groups in total. The first-order valence-electron chi connectivity index (χ1n) is 8.69. The highest BCUT2D eigenvalue weighted by Crippen LogP contribution is 2.63. The van der Waals surface area contributed by atoms with Crippen molar-refractivity contribution in [2.24, 2.45) is 33.7 Å². The largest absolute Gasteiger partial charge is 0.411 e. The van der Waals surface area contributed by atoms with E-state index in [-0.39, 0.29) is 0 Å². The van der Waals surface area contributed by atoms with Gasteiger partial charge >= 0.3 is 0 Å². The van der Waals surface area contributed by atoms with Crippen LogP contribution in [0.15, 0.2) is 29.0 Å². The maximum Gasteiger partial charge on any atom is 0.0835 e. The molecule has 3 unspecified atom stereocenters. The molecule has 0 radical (unpaired) electrons. The summed E-state index contributed by atoms with van der Waals surface area (Å²) in [6, 6.07) is 0. The van der Waals surface area contributed by atoms with Crippen LogP contribution in [0.1, 0.15) is 58.8 Å². The minimum absolute atomic E-state index is 0.303. The quantitative estimate of drug-likeness (QED) is 0.496. The monoisotopic (exact) mass is 285 g/mol. The molecular weight excluding hydrogens is 258 g/mol. The van der Waals surface area contributed by atoms with Crippen molar-refractivity contribution in [2.75, 3.05) is 0 Å². The van der Waals surface area contributed by atoms with Gasteiger partial charge in [-0.3, -0.25) is 0 Å². The molecule has 114 valence electrons. The van der Waals surface area contributed by atoms with Gasteiger partial charge in [-0.2, -0.15) is 0 Å². The topological polar surface area (TPSA) is 32.6 Å². The predicted molar refractivity (Wildman–Crippen MR) is 85.4 cm³/mol. The molecule has 0 aromatic heterocycles. The predicted octanol–water partition coefficient (Wildman–Crippen LogP) is 4.95. The third-order valence-electron chi connectivity index (χ3n) is 7.42. The Morgan fingerprint density at radius 3 is 2.81 bits per heavy atom. The van der Waals surface area contributed by atoms with Crippen LogP contribution >= 0.6 is 0 Å². The van der Waals surface area contributed by atoms with Crippen LogP contribution < -0.4 is 0 Å². The average Bonchev–Trinajstić information content (AvgIpc) is 2.87. The zero-order valence-corrected chi connectivity index (χ0v) is 13.3. The van der Waals surface area contributed by atoms with Gasteiger partial charge in [0, 0.05) is 5.92 Å². The summed E-state index contributed by atoms with van der Waals surface area (Å²) in [5.74, 6) is 1.88. The highest BCUT2D eigenvalue weighted by Gasteiger charge is 2.56. The van der Waals surface area contributed by atoms with Gasteiger partial charge < -0.3 is 5.21 Å². The molecule has 0 heterocycles. The van der Waals surface area contributed by atoms with Gasteiger partial charge in [0.25, 0.3) is 0 Å². The third-order valence-corrected chi connectivity index (χ3v) is 7.42. The molecule has 4 aliphatic rings. The fraction of sp³-hybridized carbons (Fsp3) is 0.737. The number of allylic oxidation sites excluding steroid dienone is 4. The van der Waals surface area contributed by atoms with Gasteiger partial charge in [0.2, 0.25) is 0 Å². The van der Waals surface area contributed by atoms with Crippen molar-refractivity contribution < 1.29 is 5.21 Å². The van der Waals surface area contributed by atoms with E-state index in [0.717, 1.165) is 11.6 Å². The van der Waals surface area contributed by atoms with E-state index in [1.165, 1.54) is 50.5 Å². The van der Waals surface area contributed by atoms with E-state index in [1.807, 2.05) is 0 Å². The van der Waals surface area contributed by atoms with Crippen molar-refractivity contribution in [3.63, 3.8) is 0 Å². The Morgan fingerprint density at radius 1 is 1.14 bits per heavy atom. The van der Waals surface area contributed by atoms with Gasteiger partial charge in [0.15, 0.2) is 0 Å². The molecule has 0 aromatic carbocycles. The Morgan fingerprint density at radius 2 is 2.00 bits per heavy atom. The number of fused-ring (bicyclic) bond motifs is 5. The van der Waals surface area contributed by atoms with Crippen LogP contribution in [0.3, 0.4) is 0 Å². The van der Waals surface area contributed by atoms with Gasteiger partial charge in [0.1, 0.15) is 0 Å². The zero-order chi connectivity index (χ0) is 14.7. The van der Waals surface area contributed by atoms with E-state index in [4.69, 9.17) is 0 Å². The number of rotatable bonds is 0. The Labute approximate surface area is 128 Å². The van der Waals surface area contributed by atoms with Crippen molar-refractivity contribution in [2.45, 2.75) is 58.8 Å². The average molecular weight is 285 g/mol. The van der Waals surface area contributed by atoms with Crippen molar-refractivity contribution >= 4 is 5.71 Å². The second kappa shape index (κ2) is 4.47. The first-order chi connectivity index (χ1) is 10.1. The van der Waals surface area contributed by atoms with E-state index < -0.39 is 0 Å². The summed E-state index contributed by atoms with van der Waals surface area (Å²) >= 11 is 0. The summed E-state index contributed by atoms with van der Waals surface area (Å²) in [4.78, 5) is 0. The van der Waals surface area contributed by atoms with E-state index in [0.29, 0.717) is 22.7 Å². The van der Waals surface area contributed by atoms with Crippen LogP contribution in [0.4, 0.5) is 0 Å². The Kier molecular flexibility index (Phi) is 2.90. The van der Waals surface area contributed by atoms with Gasteiger partial charge in [-0.15, -0.1) is 0 Å². The Hall–Kier alpha value is -1.05. The number of hydrogen-bond acceptors (Lipinski definition) is 2. The smallest absolute Gasteiger partial charge is 0.0835 e. The maximum absolute atomic E-state index is 9.63. The van der Waals surface area contributed by atoms with Crippen LogP contribution in [0, 0.1) is 28.6 Å². The van der Waals surface area contributed by atoms with E-state index in [9.17, 15) is 5.21 Å². The molecule has 2 heteroatoms. The van der Waals surface area contributed by atoms with Gasteiger partial charge in [0.05, 0.1) is 5.71 Å². The standard InChI is InChI=1S/C19H27NO/c1-18-9-5-7-14(18)17-15(8-11-18)19(2)10-4-3-6-13(19)12-16(17)20-21/h3,6,12,14-15,17,21H,4-5,7-11H2,1-2H3/b20-16+/t14?,15?,17?,18-,19-/m0/s1. The van der Waals surface area contributed by atoms with Gasteiger partial charge in [-0.1, -0.05) is 37.6 Å². The lowest BCUT2D eigenvalue weighted by Gasteiger charge is -2.55. The lowest BCUT2D eigenvalue weighted by Crippen LogP contribution is -2.51. The number of hydrogen-bond donors (Lipinski definition) is 1. The first kappa shape index (κ1) is 13.6. The summed E-state index contributed by atoms with van der Waals surface area (Å²) in [5, 5.41) is 13.4. The molecule has 2 saturated carbocycles. The van der Waals surface area contributed by atoms with Crippen LogP contribution in [0.25, 0.3) is 0 Å². The molecule has 0 aromatic rings. The Bertz CT molecular complexity index is 546. The fourth-order valence-electron chi connectivity index (χ4n) is 6.15. The molecule has 0 aliphatic heterocycles. The summed E-state index contributed by atoms with van der Waals surface area (Å²) in [6.45, 7) is 4.95. The third kappa shape index (κ3) is 1.74. The van der Waals surface area contributed by atoms with Crippen molar-refractivity contribution in [3.05, 3.63) is 23.8 Å². The molecule has 0 bridgehead atoms. The van der Waals surface area contributed by atoms with Crippen LogP contribution in [-0.2, 0) is 0 Å². The second-order valence-corrected chi connectivity index (χ2v) is 8.31. The molecule has 0 spiro atoms. The molecule has 0 saturated heterocycles. The summed E-state index contributed by atoms with van der Waals surface area (Å²) in [5.41, 5.74) is 3.17. The Balaban J connectivity index is 1.83. The molecule has 0 amide bonds. The molecule has 2 nitrogen and oxygen atoms in total. The van der Waals surface area contributed by atoms with Crippen molar-refractivity contribution in [1.29, 1.82) is 0 Å². The molecule has 5 atom stereocenters. The molecule has 2 fully saturated rings. The summed E-state index contributed by atoms with van der Waals surface area (Å²) in [6.07, 6.45) is 16.0. The zero-order valence-electron chi connectivity index (χ0n) is 13.3. The minimum Gasteiger partial charge on any atom is -0.411 e. The normalized spacial score (nSPS) is 50.3. The molecule has 4 rings (SSSR count).